The van der Waals surface area contributed by atoms with Crippen molar-refractivity contribution in [3.63, 3.8) is 0 Å². The average molecular weight is 723 g/mol. The first-order chi connectivity index (χ1) is 26.7. The molecule has 2 heterocycles. The molecule has 0 N–H and O–H groups in total. The van der Waals surface area contributed by atoms with Gasteiger partial charge in [0.2, 0.25) is 0 Å². The number of hydrogen-bond donors (Lipinski definition) is 0. The fourth-order valence-corrected chi connectivity index (χ4v) is 7.47. The lowest BCUT2D eigenvalue weighted by atomic mass is 9.96. The number of nitrogens with zero attached hydrogens (tertiary/aromatic N) is 4. The maximum absolute atomic E-state index is 14.1. The highest BCUT2D eigenvalue weighted by Gasteiger charge is 2.31. The summed E-state index contributed by atoms with van der Waals surface area (Å²) in [5.41, 5.74) is 9.90. The standard InChI is InChI=1S/C48H33F3N4/c1-30-24-31(2)26-36(25-30)34-20-23-44-41(28-34)40-18-9-10-19-43(40)55(44)38-21-22-39(35-16-11-17-37(27-35)48(49,50)51)42(29-38)47-53-45(32-12-5-3-6-13-32)52-46(54-47)33-14-7-4-8-15-33/h3-29H,1-2H3. The number of fused-ring (bicyclic) bond motifs is 3. The van der Waals surface area contributed by atoms with E-state index in [2.05, 4.69) is 66.9 Å². The van der Waals surface area contributed by atoms with Gasteiger partial charge in [0.25, 0.3) is 0 Å². The second-order valence-electron chi connectivity index (χ2n) is 13.8. The van der Waals surface area contributed by atoms with Gasteiger partial charge in [-0.25, -0.2) is 15.0 Å². The van der Waals surface area contributed by atoms with Crippen molar-refractivity contribution in [1.29, 1.82) is 0 Å². The van der Waals surface area contributed by atoms with Gasteiger partial charge in [-0.1, -0.05) is 132 Å². The van der Waals surface area contributed by atoms with E-state index in [1.807, 2.05) is 91.0 Å². The van der Waals surface area contributed by atoms with Crippen molar-refractivity contribution in [3.05, 3.63) is 180 Å². The van der Waals surface area contributed by atoms with Crippen LogP contribution in [0, 0.1) is 13.8 Å². The summed E-state index contributed by atoms with van der Waals surface area (Å²) >= 11 is 0. The molecule has 0 spiro atoms. The number of hydrogen-bond acceptors (Lipinski definition) is 3. The lowest BCUT2D eigenvalue weighted by Crippen LogP contribution is -2.05. The minimum atomic E-state index is -4.51. The predicted octanol–water partition coefficient (Wildman–Crippen LogP) is 12.9. The normalized spacial score (nSPS) is 11.7. The molecular formula is C48H33F3N4. The van der Waals surface area contributed by atoms with Crippen LogP contribution in [0.1, 0.15) is 16.7 Å². The SMILES string of the molecule is Cc1cc(C)cc(-c2ccc3c(c2)c2ccccc2n3-c2ccc(-c3cccc(C(F)(F)F)c3)c(-c3nc(-c4ccccc4)nc(-c4ccccc4)n3)c2)c1. The van der Waals surface area contributed by atoms with E-state index in [1.165, 1.54) is 23.3 Å². The zero-order valence-corrected chi connectivity index (χ0v) is 30.0. The van der Waals surface area contributed by atoms with Crippen LogP contribution in [-0.2, 0) is 6.18 Å². The Hall–Kier alpha value is -6.86. The van der Waals surface area contributed by atoms with Crippen molar-refractivity contribution in [3.8, 4) is 62.1 Å². The third-order valence-corrected chi connectivity index (χ3v) is 9.93. The summed E-state index contributed by atoms with van der Waals surface area (Å²) < 4.78 is 44.4. The molecule has 4 nitrogen and oxygen atoms in total. The number of benzene rings is 7. The van der Waals surface area contributed by atoms with Crippen molar-refractivity contribution in [2.75, 3.05) is 0 Å². The minimum absolute atomic E-state index is 0.347. The van der Waals surface area contributed by atoms with E-state index < -0.39 is 11.7 Å². The van der Waals surface area contributed by atoms with Gasteiger partial charge in [-0.3, -0.25) is 0 Å². The van der Waals surface area contributed by atoms with Crippen molar-refractivity contribution >= 4 is 21.8 Å². The van der Waals surface area contributed by atoms with Gasteiger partial charge >= 0.3 is 6.18 Å². The van der Waals surface area contributed by atoms with E-state index in [-0.39, 0.29) is 0 Å². The van der Waals surface area contributed by atoms with E-state index in [0.29, 0.717) is 34.2 Å². The molecule has 2 aromatic heterocycles. The molecule has 0 unspecified atom stereocenters. The second-order valence-corrected chi connectivity index (χ2v) is 13.8. The zero-order chi connectivity index (χ0) is 37.7. The highest BCUT2D eigenvalue weighted by molar-refractivity contribution is 6.10. The molecule has 266 valence electrons. The lowest BCUT2D eigenvalue weighted by molar-refractivity contribution is -0.137. The number of aryl methyl sites for hydroxylation is 2. The van der Waals surface area contributed by atoms with Gasteiger partial charge in [0.15, 0.2) is 17.5 Å². The molecule has 7 heteroatoms. The Morgan fingerprint density at radius 3 is 1.69 bits per heavy atom. The number of alkyl halides is 3. The van der Waals surface area contributed by atoms with Crippen LogP contribution in [0.25, 0.3) is 83.9 Å². The third-order valence-electron chi connectivity index (χ3n) is 9.93. The monoisotopic (exact) mass is 722 g/mol. The van der Waals surface area contributed by atoms with Crippen LogP contribution in [0.3, 0.4) is 0 Å². The summed E-state index contributed by atoms with van der Waals surface area (Å²) in [5.74, 6) is 1.26. The Bertz CT molecular complexity index is 2800. The smallest absolute Gasteiger partial charge is 0.309 e. The molecule has 55 heavy (non-hydrogen) atoms. The first-order valence-electron chi connectivity index (χ1n) is 18.0. The summed E-state index contributed by atoms with van der Waals surface area (Å²) in [6, 6.07) is 51.9. The van der Waals surface area contributed by atoms with Crippen LogP contribution in [0.15, 0.2) is 164 Å². The molecule has 0 atom stereocenters. The molecule has 9 rings (SSSR count). The molecule has 9 aromatic rings. The van der Waals surface area contributed by atoms with Gasteiger partial charge < -0.3 is 4.57 Å². The van der Waals surface area contributed by atoms with Crippen LogP contribution in [0.2, 0.25) is 0 Å². The highest BCUT2D eigenvalue weighted by atomic mass is 19.4. The fraction of sp³-hybridized carbons (Fsp3) is 0.0625. The van der Waals surface area contributed by atoms with Gasteiger partial charge in [-0.15, -0.1) is 0 Å². The van der Waals surface area contributed by atoms with Gasteiger partial charge in [-0.05, 0) is 78.6 Å². The third kappa shape index (κ3) is 6.44. The molecule has 0 saturated heterocycles. The van der Waals surface area contributed by atoms with Crippen LogP contribution in [0.4, 0.5) is 13.2 Å². The first kappa shape index (κ1) is 33.9. The van der Waals surface area contributed by atoms with Crippen molar-refractivity contribution in [2.24, 2.45) is 0 Å². The van der Waals surface area contributed by atoms with E-state index in [4.69, 9.17) is 15.0 Å². The largest absolute Gasteiger partial charge is 0.416 e. The van der Waals surface area contributed by atoms with Crippen molar-refractivity contribution in [2.45, 2.75) is 20.0 Å². The molecule has 0 aliphatic heterocycles. The van der Waals surface area contributed by atoms with E-state index >= 15 is 0 Å². The van der Waals surface area contributed by atoms with Crippen LogP contribution in [0.5, 0.6) is 0 Å². The summed E-state index contributed by atoms with van der Waals surface area (Å²) in [7, 11) is 0. The van der Waals surface area contributed by atoms with Crippen molar-refractivity contribution < 1.29 is 13.2 Å². The number of para-hydroxylation sites is 1. The Kier molecular flexibility index (Phi) is 8.35. The number of aromatic nitrogens is 4. The molecule has 0 aliphatic rings. The van der Waals surface area contributed by atoms with Crippen LogP contribution >= 0.6 is 0 Å². The quantitative estimate of drug-likeness (QED) is 0.172. The summed E-state index contributed by atoms with van der Waals surface area (Å²) in [6.07, 6.45) is -4.51. The van der Waals surface area contributed by atoms with Crippen molar-refractivity contribution in [1.82, 2.24) is 19.5 Å². The van der Waals surface area contributed by atoms with Gasteiger partial charge in [0.05, 0.1) is 16.6 Å². The molecule has 0 bridgehead atoms. The molecule has 0 aliphatic carbocycles. The second kappa shape index (κ2) is 13.5. The zero-order valence-electron chi connectivity index (χ0n) is 30.0. The summed E-state index contributed by atoms with van der Waals surface area (Å²) in [4.78, 5) is 14.9. The number of rotatable bonds is 6. The fourth-order valence-electron chi connectivity index (χ4n) is 7.47. The Morgan fingerprint density at radius 2 is 1.02 bits per heavy atom. The van der Waals surface area contributed by atoms with E-state index in [9.17, 15) is 13.2 Å². The van der Waals surface area contributed by atoms with Crippen LogP contribution in [-0.4, -0.2) is 19.5 Å². The maximum Gasteiger partial charge on any atom is 0.416 e. The van der Waals surface area contributed by atoms with E-state index in [0.717, 1.165) is 55.8 Å². The molecular weight excluding hydrogens is 690 g/mol. The highest BCUT2D eigenvalue weighted by Crippen LogP contribution is 2.40. The maximum atomic E-state index is 14.1. The first-order valence-corrected chi connectivity index (χ1v) is 18.0. The molecule has 0 amide bonds. The van der Waals surface area contributed by atoms with Gasteiger partial charge in [0, 0.05) is 33.2 Å². The molecule has 7 aromatic carbocycles. The van der Waals surface area contributed by atoms with Gasteiger partial charge in [0.1, 0.15) is 0 Å². The predicted molar refractivity (Wildman–Crippen MR) is 216 cm³/mol. The lowest BCUT2D eigenvalue weighted by Gasteiger charge is -2.16. The minimum Gasteiger partial charge on any atom is -0.309 e. The Balaban J connectivity index is 1.31. The Morgan fingerprint density at radius 1 is 0.418 bits per heavy atom. The van der Waals surface area contributed by atoms with E-state index in [1.54, 1.807) is 6.07 Å². The molecule has 0 saturated carbocycles. The summed E-state index contributed by atoms with van der Waals surface area (Å²) in [5, 5.41) is 2.18. The summed E-state index contributed by atoms with van der Waals surface area (Å²) in [6.45, 7) is 4.22. The van der Waals surface area contributed by atoms with Gasteiger partial charge in [-0.2, -0.15) is 13.2 Å². The Labute approximate surface area is 316 Å². The number of halogens is 3. The van der Waals surface area contributed by atoms with Crippen LogP contribution < -0.4 is 0 Å². The average Bonchev–Trinajstić information content (AvgIpc) is 3.54. The molecule has 0 radical (unpaired) electrons. The topological polar surface area (TPSA) is 43.6 Å². The molecule has 0 fully saturated rings.